The van der Waals surface area contributed by atoms with Crippen molar-refractivity contribution < 1.29 is 41.4 Å². The molecule has 0 aromatic heterocycles. The van der Waals surface area contributed by atoms with Crippen molar-refractivity contribution in [2.24, 2.45) is 11.8 Å². The number of carbonyl (C=O) groups is 3. The van der Waals surface area contributed by atoms with Crippen LogP contribution in [-0.2, 0) is 19.4 Å². The lowest BCUT2D eigenvalue weighted by Crippen LogP contribution is -2.56. The molecule has 10 nitrogen and oxygen atoms in total. The SMILES string of the molecule is COC(=O)N1CCC[C@H]1C(=O)NC[C@@]1(O)C2CC[C@H]1C[C@H](S(=O)(=O)c1cc(C(=O)Nc3ccc(F)c(F)c3)ccc1Cl)C2. The number of halogens is 3. The fraction of sp³-hybridized carbons (Fsp3) is 0.483. The average molecular weight is 640 g/mol. The predicted octanol–water partition coefficient (Wildman–Crippen LogP) is 3.91. The van der Waals surface area contributed by atoms with Crippen molar-refractivity contribution in [2.75, 3.05) is 25.5 Å². The summed E-state index contributed by atoms with van der Waals surface area (Å²) in [6.45, 7) is 0.329. The molecular weight excluding hydrogens is 608 g/mol. The van der Waals surface area contributed by atoms with Crippen LogP contribution in [0.25, 0.3) is 0 Å². The van der Waals surface area contributed by atoms with Gasteiger partial charge in [-0.15, -0.1) is 0 Å². The van der Waals surface area contributed by atoms with E-state index in [1.165, 1.54) is 30.2 Å². The van der Waals surface area contributed by atoms with Crippen LogP contribution in [0.1, 0.15) is 48.9 Å². The summed E-state index contributed by atoms with van der Waals surface area (Å²) in [6.07, 6.45) is 1.95. The normalized spacial score (nSPS) is 26.7. The van der Waals surface area contributed by atoms with Crippen LogP contribution in [0.3, 0.4) is 0 Å². The van der Waals surface area contributed by atoms with Crippen LogP contribution in [-0.4, -0.2) is 73.4 Å². The van der Waals surface area contributed by atoms with Gasteiger partial charge in [-0.2, -0.15) is 0 Å². The number of benzene rings is 2. The molecule has 3 fully saturated rings. The molecule has 2 bridgehead atoms. The van der Waals surface area contributed by atoms with E-state index in [1.54, 1.807) is 0 Å². The van der Waals surface area contributed by atoms with Crippen molar-refractivity contribution in [3.8, 4) is 0 Å². The maximum Gasteiger partial charge on any atom is 0.410 e. The van der Waals surface area contributed by atoms with E-state index in [0.717, 1.165) is 18.2 Å². The van der Waals surface area contributed by atoms with Crippen LogP contribution in [0.15, 0.2) is 41.3 Å². The standard InChI is InChI=1S/C29H32ClF2N3O7S/c1-42-28(38)35-10-2-3-24(35)27(37)33-15-29(39)17-5-6-18(29)13-20(12-17)43(40,41)25-11-16(4-8-21(25)30)26(36)34-19-7-9-22(31)23(32)14-19/h4,7-9,11,14,17-18,20,24,39H,2-3,5-6,10,12-13,15H2,1H3,(H,33,37)(H,34,36)/t17-,18?,20-,24-,29-/m0/s1. The van der Waals surface area contributed by atoms with Gasteiger partial charge in [0.05, 0.1) is 27.9 Å². The van der Waals surface area contributed by atoms with Gasteiger partial charge in [0.2, 0.25) is 5.91 Å². The average Bonchev–Trinajstić information content (AvgIpc) is 3.50. The third kappa shape index (κ3) is 5.94. The number of hydrogen-bond acceptors (Lipinski definition) is 7. The van der Waals surface area contributed by atoms with Gasteiger partial charge in [0.15, 0.2) is 21.5 Å². The predicted molar refractivity (Wildman–Crippen MR) is 152 cm³/mol. The Morgan fingerprint density at radius 3 is 2.42 bits per heavy atom. The lowest BCUT2D eigenvalue weighted by molar-refractivity contribution is -0.128. The van der Waals surface area contributed by atoms with Crippen LogP contribution >= 0.6 is 11.6 Å². The van der Waals surface area contributed by atoms with Crippen LogP contribution in [0.5, 0.6) is 0 Å². The lowest BCUT2D eigenvalue weighted by atomic mass is 9.74. The molecule has 3 amide bonds. The highest BCUT2D eigenvalue weighted by Gasteiger charge is 2.56. The minimum absolute atomic E-state index is 0.00979. The van der Waals surface area contributed by atoms with Crippen molar-refractivity contribution in [1.29, 1.82) is 0 Å². The summed E-state index contributed by atoms with van der Waals surface area (Å²) in [6, 6.07) is 5.92. The molecule has 5 rings (SSSR count). The lowest BCUT2D eigenvalue weighted by Gasteiger charge is -2.42. The number of likely N-dealkylation sites (tertiary alicyclic amines) is 1. The second-order valence-corrected chi connectivity index (χ2v) is 14.0. The zero-order valence-electron chi connectivity index (χ0n) is 23.3. The smallest absolute Gasteiger partial charge is 0.410 e. The largest absolute Gasteiger partial charge is 0.453 e. The monoisotopic (exact) mass is 639 g/mol. The second-order valence-electron chi connectivity index (χ2n) is 11.4. The third-order valence-corrected chi connectivity index (χ3v) is 11.7. The number of amides is 3. The van der Waals surface area contributed by atoms with Crippen molar-refractivity contribution >= 4 is 45.0 Å². The van der Waals surface area contributed by atoms with Crippen molar-refractivity contribution in [1.82, 2.24) is 10.2 Å². The molecule has 3 aliphatic rings. The Morgan fingerprint density at radius 1 is 1.07 bits per heavy atom. The number of nitrogens with one attached hydrogen (secondary N) is 2. The minimum atomic E-state index is -4.05. The summed E-state index contributed by atoms with van der Waals surface area (Å²) >= 11 is 6.30. The van der Waals surface area contributed by atoms with E-state index in [9.17, 15) is 36.7 Å². The second kappa shape index (κ2) is 12.0. The number of rotatable bonds is 7. The summed E-state index contributed by atoms with van der Waals surface area (Å²) in [5.74, 6) is -4.18. The van der Waals surface area contributed by atoms with E-state index in [0.29, 0.717) is 32.2 Å². The maximum absolute atomic E-state index is 13.8. The topological polar surface area (TPSA) is 142 Å². The van der Waals surface area contributed by atoms with Gasteiger partial charge in [0.25, 0.3) is 5.91 Å². The van der Waals surface area contributed by atoms with Gasteiger partial charge in [-0.1, -0.05) is 11.6 Å². The molecule has 1 unspecified atom stereocenters. The van der Waals surface area contributed by atoms with E-state index in [1.807, 2.05) is 0 Å². The van der Waals surface area contributed by atoms with Gasteiger partial charge >= 0.3 is 6.09 Å². The summed E-state index contributed by atoms with van der Waals surface area (Å²) in [4.78, 5) is 38.9. The zero-order valence-corrected chi connectivity index (χ0v) is 24.9. The van der Waals surface area contributed by atoms with Crippen LogP contribution < -0.4 is 10.6 Å². The van der Waals surface area contributed by atoms with Gasteiger partial charge in [-0.05, 0) is 80.7 Å². The number of aliphatic hydroxyl groups is 1. The van der Waals surface area contributed by atoms with Gasteiger partial charge < -0.3 is 20.5 Å². The summed E-state index contributed by atoms with van der Waals surface area (Å²) in [5.41, 5.74) is -1.37. The molecule has 232 valence electrons. The number of carbonyl (C=O) groups excluding carboxylic acids is 3. The molecule has 3 N–H and O–H groups in total. The van der Waals surface area contributed by atoms with Crippen molar-refractivity contribution in [3.05, 3.63) is 58.6 Å². The fourth-order valence-electron chi connectivity index (χ4n) is 6.69. The molecule has 5 atom stereocenters. The van der Waals surface area contributed by atoms with Crippen LogP contribution in [0.2, 0.25) is 5.02 Å². The molecule has 2 saturated carbocycles. The summed E-state index contributed by atoms with van der Waals surface area (Å²) in [5, 5.41) is 15.9. The Bertz CT molecular complexity index is 1540. The zero-order chi connectivity index (χ0) is 31.1. The highest BCUT2D eigenvalue weighted by molar-refractivity contribution is 7.92. The van der Waals surface area contributed by atoms with Crippen molar-refractivity contribution in [2.45, 2.75) is 60.3 Å². The minimum Gasteiger partial charge on any atom is -0.453 e. The van der Waals surface area contributed by atoms with Crippen LogP contribution in [0, 0.1) is 23.5 Å². The molecule has 0 radical (unpaired) electrons. The Kier molecular flexibility index (Phi) is 8.70. The van der Waals surface area contributed by atoms with Gasteiger partial charge in [0.1, 0.15) is 6.04 Å². The first-order valence-corrected chi connectivity index (χ1v) is 15.9. The molecule has 43 heavy (non-hydrogen) atoms. The molecule has 2 aliphatic carbocycles. The Hall–Kier alpha value is -3.29. The van der Waals surface area contributed by atoms with E-state index >= 15 is 0 Å². The molecule has 0 spiro atoms. The van der Waals surface area contributed by atoms with E-state index in [2.05, 4.69) is 10.6 Å². The first kappa shape index (κ1) is 31.1. The molecule has 14 heteroatoms. The summed E-state index contributed by atoms with van der Waals surface area (Å²) in [7, 11) is -2.81. The van der Waals surface area contributed by atoms with E-state index in [-0.39, 0.29) is 40.6 Å². The van der Waals surface area contributed by atoms with Gasteiger partial charge in [-0.25, -0.2) is 22.0 Å². The number of hydrogen-bond donors (Lipinski definition) is 3. The number of fused-ring (bicyclic) bond motifs is 2. The number of nitrogens with zero attached hydrogens (tertiary/aromatic N) is 1. The Balaban J connectivity index is 1.28. The molecule has 2 aromatic rings. The molecule has 2 aromatic carbocycles. The quantitative estimate of drug-likeness (QED) is 0.417. The van der Waals surface area contributed by atoms with E-state index < -0.39 is 68.1 Å². The molecular formula is C29H32ClF2N3O7S. The van der Waals surface area contributed by atoms with Crippen molar-refractivity contribution in [3.63, 3.8) is 0 Å². The number of ether oxygens (including phenoxy) is 1. The highest BCUT2D eigenvalue weighted by atomic mass is 35.5. The molecule has 1 saturated heterocycles. The summed E-state index contributed by atoms with van der Waals surface area (Å²) < 4.78 is 59.2. The first-order chi connectivity index (χ1) is 20.3. The van der Waals surface area contributed by atoms with Gasteiger partial charge in [-0.3, -0.25) is 14.5 Å². The highest BCUT2D eigenvalue weighted by Crippen LogP contribution is 2.52. The molecule has 1 aliphatic heterocycles. The number of anilines is 1. The van der Waals surface area contributed by atoms with E-state index in [4.69, 9.17) is 16.3 Å². The first-order valence-electron chi connectivity index (χ1n) is 14.0. The Labute approximate surface area is 252 Å². The number of sulfone groups is 1. The molecule has 1 heterocycles. The Morgan fingerprint density at radius 2 is 1.77 bits per heavy atom. The fourth-order valence-corrected chi connectivity index (χ4v) is 9.10. The number of methoxy groups -OCH3 is 1. The van der Waals surface area contributed by atoms with Crippen LogP contribution in [0.4, 0.5) is 19.3 Å². The van der Waals surface area contributed by atoms with Gasteiger partial charge in [0, 0.05) is 30.4 Å². The maximum atomic E-state index is 13.8. The third-order valence-electron chi connectivity index (χ3n) is 9.00.